The molecule has 2 N–H and O–H groups in total. The van der Waals surface area contributed by atoms with E-state index in [0.29, 0.717) is 0 Å². The molecule has 5 aromatic rings. The first-order valence-corrected chi connectivity index (χ1v) is 14.8. The summed E-state index contributed by atoms with van der Waals surface area (Å²) in [4.78, 5) is 28.9. The minimum atomic E-state index is -4.88. The summed E-state index contributed by atoms with van der Waals surface area (Å²) >= 11 is 0. The number of sulfone groups is 1. The highest BCUT2D eigenvalue weighted by Gasteiger charge is 2.33. The fraction of sp³-hybridized carbons (Fsp3) is 0.214. The molecule has 0 aliphatic rings. The Kier molecular flexibility index (Phi) is 8.14. The number of hydrogen-bond acceptors (Lipinski definition) is 8. The number of anilines is 1. The molecule has 0 saturated heterocycles. The molecule has 236 valence electrons. The number of halogens is 4. The molecule has 0 atom stereocenters. The lowest BCUT2D eigenvalue weighted by atomic mass is 9.99. The van der Waals surface area contributed by atoms with Crippen molar-refractivity contribution in [3.05, 3.63) is 82.5 Å². The van der Waals surface area contributed by atoms with Gasteiger partial charge in [-0.1, -0.05) is 6.07 Å². The molecule has 0 saturated carbocycles. The van der Waals surface area contributed by atoms with Gasteiger partial charge >= 0.3 is 11.9 Å². The second-order valence-corrected chi connectivity index (χ2v) is 11.9. The third-order valence-electron chi connectivity index (χ3n) is 6.77. The largest absolute Gasteiger partial charge is 0.493 e. The highest BCUT2D eigenvalue weighted by atomic mass is 32.2. The summed E-state index contributed by atoms with van der Waals surface area (Å²) in [5.41, 5.74) is -2.39. The molecule has 0 spiro atoms. The van der Waals surface area contributed by atoms with Gasteiger partial charge in [-0.2, -0.15) is 13.2 Å². The third-order valence-corrected chi connectivity index (χ3v) is 7.88. The number of rotatable bonds is 9. The van der Waals surface area contributed by atoms with Crippen molar-refractivity contribution >= 4 is 32.5 Å². The number of benzene rings is 3. The summed E-state index contributed by atoms with van der Waals surface area (Å²) in [6.45, 7) is -0.926. The summed E-state index contributed by atoms with van der Waals surface area (Å²) in [7, 11) is -1.07. The third kappa shape index (κ3) is 6.38. The number of carbonyl (C=O) groups excluding carboxylic acids is 1. The summed E-state index contributed by atoms with van der Waals surface area (Å²) in [5.74, 6) is -1.97. The van der Waals surface area contributed by atoms with Crippen LogP contribution in [0, 0.1) is 5.82 Å². The predicted molar refractivity (Wildman–Crippen MR) is 153 cm³/mol. The van der Waals surface area contributed by atoms with E-state index < -0.39 is 45.5 Å². The van der Waals surface area contributed by atoms with Gasteiger partial charge in [0.25, 0.3) is 0 Å². The number of H-pyrrole nitrogens is 1. The average Bonchev–Trinajstić information content (AvgIpc) is 3.58. The van der Waals surface area contributed by atoms with Crippen LogP contribution in [-0.2, 0) is 41.0 Å². The second-order valence-electron chi connectivity index (χ2n) is 9.88. The van der Waals surface area contributed by atoms with Gasteiger partial charge in [0.15, 0.2) is 33.0 Å². The van der Waals surface area contributed by atoms with Crippen LogP contribution in [0.25, 0.3) is 22.2 Å². The first-order valence-electron chi connectivity index (χ1n) is 12.9. The lowest BCUT2D eigenvalue weighted by Crippen LogP contribution is -2.28. The number of alkyl halides is 3. The number of aromatic nitrogens is 5. The normalized spacial score (nSPS) is 12.0. The van der Waals surface area contributed by atoms with Crippen LogP contribution in [0.15, 0.2) is 64.5 Å². The van der Waals surface area contributed by atoms with E-state index >= 15 is 4.39 Å². The maximum atomic E-state index is 15.4. The lowest BCUT2D eigenvalue weighted by molar-refractivity contribution is -0.137. The number of nitrogens with one attached hydrogen (secondary N) is 2. The van der Waals surface area contributed by atoms with Crippen LogP contribution in [0.5, 0.6) is 11.5 Å². The van der Waals surface area contributed by atoms with Crippen molar-refractivity contribution in [2.24, 2.45) is 7.05 Å². The summed E-state index contributed by atoms with van der Waals surface area (Å²) in [5, 5.41) is 9.80. The van der Waals surface area contributed by atoms with E-state index in [2.05, 4.69) is 20.5 Å². The Morgan fingerprint density at radius 2 is 1.89 bits per heavy atom. The minimum Gasteiger partial charge on any atom is -0.493 e. The molecular weight excluding hydrogens is 624 g/mol. The van der Waals surface area contributed by atoms with Gasteiger partial charge in [0, 0.05) is 24.6 Å². The van der Waals surface area contributed by atoms with Crippen molar-refractivity contribution in [3.8, 4) is 22.6 Å². The topological polar surface area (TPSA) is 150 Å². The smallest absolute Gasteiger partial charge is 0.416 e. The molecule has 45 heavy (non-hydrogen) atoms. The molecule has 17 heteroatoms. The standard InChI is InChI=1S/C28H24F4N6O6S/c1-37-25-19(15-7-20(29)26(22(8-15)43-2)44-13-23-33-14-34-36-23)9-16(28(30,31)32)10-21(25)38(27(37)40)12-24(39)35-17-5-4-6-18(11-17)45(3,41)42/h4-11,14H,12-13H2,1-3H3,(H,35,39)(H,33,34,36). The van der Waals surface area contributed by atoms with Gasteiger partial charge in [0.2, 0.25) is 5.91 Å². The molecular formula is C28H24F4N6O6S. The van der Waals surface area contributed by atoms with Crippen molar-refractivity contribution in [1.29, 1.82) is 0 Å². The quantitative estimate of drug-likeness (QED) is 0.229. The van der Waals surface area contributed by atoms with E-state index in [1.807, 2.05) is 0 Å². The highest BCUT2D eigenvalue weighted by Crippen LogP contribution is 2.41. The van der Waals surface area contributed by atoms with E-state index in [4.69, 9.17) is 9.47 Å². The van der Waals surface area contributed by atoms with Crippen LogP contribution in [0.2, 0.25) is 0 Å². The van der Waals surface area contributed by atoms with Crippen LogP contribution in [0.3, 0.4) is 0 Å². The van der Waals surface area contributed by atoms with Crippen molar-refractivity contribution in [2.75, 3.05) is 18.7 Å². The number of hydrogen-bond donors (Lipinski definition) is 2. The molecule has 1 amide bonds. The fourth-order valence-electron chi connectivity index (χ4n) is 4.70. The molecule has 12 nitrogen and oxygen atoms in total. The Morgan fingerprint density at radius 3 is 2.53 bits per heavy atom. The Bertz CT molecular complexity index is 2090. The fourth-order valence-corrected chi connectivity index (χ4v) is 5.37. The number of imidazole rings is 1. The van der Waals surface area contributed by atoms with Crippen LogP contribution >= 0.6 is 0 Å². The molecule has 2 aromatic heterocycles. The molecule has 0 aliphatic heterocycles. The van der Waals surface area contributed by atoms with Gasteiger partial charge in [-0.15, -0.1) is 10.2 Å². The molecule has 0 fully saturated rings. The van der Waals surface area contributed by atoms with Gasteiger partial charge < -0.3 is 19.8 Å². The number of methoxy groups -OCH3 is 1. The SMILES string of the molecule is COc1cc(-c2cc(C(F)(F)F)cc3c2n(C)c(=O)n3CC(=O)Nc2cccc(S(C)(=O)=O)c2)cc(F)c1OCc1nnc[nH]1. The lowest BCUT2D eigenvalue weighted by Gasteiger charge is -2.15. The number of ether oxygens (including phenoxy) is 2. The zero-order valence-electron chi connectivity index (χ0n) is 23.8. The van der Waals surface area contributed by atoms with Gasteiger partial charge in [-0.25, -0.2) is 17.6 Å². The molecule has 0 radical (unpaired) electrons. The Balaban J connectivity index is 1.59. The first-order chi connectivity index (χ1) is 21.2. The Hall–Kier alpha value is -5.19. The van der Waals surface area contributed by atoms with E-state index in [1.54, 1.807) is 0 Å². The number of carbonyl (C=O) groups is 1. The first kappa shape index (κ1) is 31.2. The number of aromatic amines is 1. The minimum absolute atomic E-state index is 0.0170. The van der Waals surface area contributed by atoms with Gasteiger partial charge in [-0.3, -0.25) is 13.9 Å². The van der Waals surface area contributed by atoms with Crippen molar-refractivity contribution in [1.82, 2.24) is 24.3 Å². The van der Waals surface area contributed by atoms with Crippen LogP contribution < -0.4 is 20.5 Å². The Morgan fingerprint density at radius 1 is 1.13 bits per heavy atom. The monoisotopic (exact) mass is 648 g/mol. The number of nitrogens with zero attached hydrogens (tertiary/aromatic N) is 4. The Labute approximate surface area is 252 Å². The van der Waals surface area contributed by atoms with Crippen LogP contribution in [0.4, 0.5) is 23.2 Å². The van der Waals surface area contributed by atoms with Crippen LogP contribution in [-0.4, -0.2) is 52.0 Å². The molecule has 0 unspecified atom stereocenters. The predicted octanol–water partition coefficient (Wildman–Crippen LogP) is 3.91. The van der Waals surface area contributed by atoms with Crippen LogP contribution in [0.1, 0.15) is 11.4 Å². The van der Waals surface area contributed by atoms with Crippen molar-refractivity contribution in [3.63, 3.8) is 0 Å². The maximum Gasteiger partial charge on any atom is 0.416 e. The van der Waals surface area contributed by atoms with E-state index in [9.17, 15) is 31.2 Å². The van der Waals surface area contributed by atoms with Crippen molar-refractivity contribution in [2.45, 2.75) is 24.2 Å². The van der Waals surface area contributed by atoms with E-state index in [0.717, 1.165) is 33.6 Å². The number of amides is 1. The highest BCUT2D eigenvalue weighted by molar-refractivity contribution is 7.90. The van der Waals surface area contributed by atoms with Gasteiger partial charge in [0.05, 0.1) is 28.6 Å². The summed E-state index contributed by atoms with van der Waals surface area (Å²) in [6.07, 6.45) is -2.60. The molecule has 3 aromatic carbocycles. The summed E-state index contributed by atoms with van der Waals surface area (Å²) < 4.78 is 94.1. The number of fused-ring (bicyclic) bond motifs is 1. The van der Waals surface area contributed by atoms with Gasteiger partial charge in [-0.05, 0) is 48.0 Å². The molecule has 2 heterocycles. The average molecular weight is 649 g/mol. The van der Waals surface area contributed by atoms with E-state index in [1.165, 1.54) is 50.8 Å². The molecule has 0 bridgehead atoms. The zero-order chi connectivity index (χ0) is 32.7. The maximum absolute atomic E-state index is 15.4. The zero-order valence-corrected chi connectivity index (χ0v) is 24.6. The number of aryl methyl sites for hydroxylation is 1. The molecule has 5 rings (SSSR count). The van der Waals surface area contributed by atoms with Gasteiger partial charge in [0.1, 0.15) is 19.5 Å². The second kappa shape index (κ2) is 11.7. The molecule has 0 aliphatic carbocycles. The van der Waals surface area contributed by atoms with E-state index in [-0.39, 0.29) is 56.7 Å². The van der Waals surface area contributed by atoms with Crippen molar-refractivity contribution < 1.29 is 40.2 Å². The summed E-state index contributed by atoms with van der Waals surface area (Å²) in [6, 6.07) is 9.04.